The Morgan fingerprint density at radius 1 is 1.24 bits per heavy atom. The normalized spacial score (nSPS) is 13.8. The van der Waals surface area contributed by atoms with Crippen LogP contribution in [0, 0.1) is 0 Å². The van der Waals surface area contributed by atoms with Crippen molar-refractivity contribution in [1.82, 2.24) is 4.90 Å². The number of nitrogens with two attached hydrogens (primary N) is 1. The fourth-order valence-corrected chi connectivity index (χ4v) is 2.80. The second-order valence-electron chi connectivity index (χ2n) is 4.17. The summed E-state index contributed by atoms with van der Waals surface area (Å²) in [6.45, 7) is 1.35. The van der Waals surface area contributed by atoms with Crippen LogP contribution in [-0.2, 0) is 13.1 Å². The van der Waals surface area contributed by atoms with Gasteiger partial charge >= 0.3 is 0 Å². The number of anilines is 1. The highest BCUT2D eigenvalue weighted by molar-refractivity contribution is 7.12. The molecule has 1 aromatic heterocycles. The molecule has 0 unspecified atom stereocenters. The Bertz CT molecular complexity index is 563. The van der Waals surface area contributed by atoms with Gasteiger partial charge in [0.25, 0.3) is 5.91 Å². The number of fused-ring (bicyclic) bond motifs is 1. The molecular formula is C13H12N2OS. The summed E-state index contributed by atoms with van der Waals surface area (Å²) >= 11 is 1.48. The minimum absolute atomic E-state index is 0.106. The van der Waals surface area contributed by atoms with Crippen molar-refractivity contribution in [3.8, 4) is 0 Å². The third-order valence-corrected chi connectivity index (χ3v) is 3.83. The van der Waals surface area contributed by atoms with Crippen LogP contribution in [0.25, 0.3) is 0 Å². The monoisotopic (exact) mass is 244 g/mol. The Kier molecular flexibility index (Phi) is 2.37. The van der Waals surface area contributed by atoms with Gasteiger partial charge in [-0.2, -0.15) is 0 Å². The molecule has 17 heavy (non-hydrogen) atoms. The highest BCUT2D eigenvalue weighted by Crippen LogP contribution is 2.26. The minimum atomic E-state index is 0.106. The maximum absolute atomic E-state index is 12.2. The van der Waals surface area contributed by atoms with Crippen LogP contribution in [0.2, 0.25) is 0 Å². The molecule has 2 aromatic rings. The molecule has 0 saturated heterocycles. The summed E-state index contributed by atoms with van der Waals surface area (Å²) < 4.78 is 0. The van der Waals surface area contributed by atoms with Gasteiger partial charge in [0.05, 0.1) is 4.88 Å². The number of nitrogen functional groups attached to an aromatic ring is 1. The third kappa shape index (κ3) is 1.80. The zero-order valence-corrected chi connectivity index (χ0v) is 10.0. The van der Waals surface area contributed by atoms with Crippen LogP contribution in [0.1, 0.15) is 20.8 Å². The van der Waals surface area contributed by atoms with Gasteiger partial charge < -0.3 is 10.6 Å². The molecule has 1 amide bonds. The third-order valence-electron chi connectivity index (χ3n) is 2.97. The van der Waals surface area contributed by atoms with Crippen molar-refractivity contribution in [2.24, 2.45) is 0 Å². The standard InChI is InChI=1S/C13H12N2OS/c14-11-4-3-9-7-15(8-10(9)6-11)13(16)12-2-1-5-17-12/h1-6H,7-8,14H2. The fourth-order valence-electron chi connectivity index (χ4n) is 2.11. The smallest absolute Gasteiger partial charge is 0.264 e. The average molecular weight is 244 g/mol. The molecule has 1 aliphatic heterocycles. The number of hydrogen-bond donors (Lipinski definition) is 1. The molecule has 0 fully saturated rings. The first-order valence-electron chi connectivity index (χ1n) is 5.44. The molecule has 0 saturated carbocycles. The van der Waals surface area contributed by atoms with E-state index < -0.39 is 0 Å². The van der Waals surface area contributed by atoms with E-state index in [4.69, 9.17) is 5.73 Å². The number of carbonyl (C=O) groups is 1. The van der Waals surface area contributed by atoms with Crippen LogP contribution in [-0.4, -0.2) is 10.8 Å². The van der Waals surface area contributed by atoms with Crippen molar-refractivity contribution in [2.75, 3.05) is 5.73 Å². The SMILES string of the molecule is Nc1ccc2c(c1)CN(C(=O)c1cccs1)C2. The quantitative estimate of drug-likeness (QED) is 0.783. The predicted octanol–water partition coefficient (Wildman–Crippen LogP) is 2.49. The molecule has 2 N–H and O–H groups in total. The summed E-state index contributed by atoms with van der Waals surface area (Å²) in [5.41, 5.74) is 8.86. The second-order valence-corrected chi connectivity index (χ2v) is 5.11. The predicted molar refractivity (Wildman–Crippen MR) is 68.8 cm³/mol. The lowest BCUT2D eigenvalue weighted by atomic mass is 10.1. The van der Waals surface area contributed by atoms with Gasteiger partial charge in [-0.25, -0.2) is 0 Å². The van der Waals surface area contributed by atoms with Crippen molar-refractivity contribution in [3.63, 3.8) is 0 Å². The lowest BCUT2D eigenvalue weighted by Crippen LogP contribution is -2.24. The molecule has 3 nitrogen and oxygen atoms in total. The Morgan fingerprint density at radius 3 is 2.82 bits per heavy atom. The van der Waals surface area contributed by atoms with Crippen molar-refractivity contribution in [1.29, 1.82) is 0 Å². The number of thiophene rings is 1. The van der Waals surface area contributed by atoms with Crippen LogP contribution in [0.15, 0.2) is 35.7 Å². The zero-order valence-electron chi connectivity index (χ0n) is 9.22. The first-order chi connectivity index (χ1) is 8.24. The van der Waals surface area contributed by atoms with Crippen LogP contribution >= 0.6 is 11.3 Å². The van der Waals surface area contributed by atoms with Gasteiger partial charge in [0.1, 0.15) is 0 Å². The number of nitrogens with zero attached hydrogens (tertiary/aromatic N) is 1. The molecule has 0 bridgehead atoms. The van der Waals surface area contributed by atoms with E-state index >= 15 is 0 Å². The van der Waals surface area contributed by atoms with Crippen LogP contribution in [0.4, 0.5) is 5.69 Å². The largest absolute Gasteiger partial charge is 0.399 e. The lowest BCUT2D eigenvalue weighted by molar-refractivity contribution is 0.0756. The van der Waals surface area contributed by atoms with Crippen molar-refractivity contribution < 1.29 is 4.79 Å². The first kappa shape index (κ1) is 10.4. The molecule has 0 atom stereocenters. The van der Waals surface area contributed by atoms with Crippen LogP contribution < -0.4 is 5.73 Å². The van der Waals surface area contributed by atoms with Crippen LogP contribution in [0.3, 0.4) is 0 Å². The number of carbonyl (C=O) groups excluding carboxylic acids is 1. The molecule has 86 valence electrons. The van der Waals surface area contributed by atoms with E-state index in [-0.39, 0.29) is 5.91 Å². The molecule has 1 aliphatic rings. The zero-order chi connectivity index (χ0) is 11.8. The van der Waals surface area contributed by atoms with E-state index in [0.29, 0.717) is 13.1 Å². The molecule has 3 rings (SSSR count). The van der Waals surface area contributed by atoms with E-state index in [1.54, 1.807) is 0 Å². The topological polar surface area (TPSA) is 46.3 Å². The van der Waals surface area contributed by atoms with Crippen molar-refractivity contribution >= 4 is 22.9 Å². The number of hydrogen-bond acceptors (Lipinski definition) is 3. The summed E-state index contributed by atoms with van der Waals surface area (Å²) in [6.07, 6.45) is 0. The van der Waals surface area contributed by atoms with Crippen molar-refractivity contribution in [2.45, 2.75) is 13.1 Å². The number of benzene rings is 1. The number of amides is 1. The van der Waals surface area contributed by atoms with E-state index in [1.807, 2.05) is 40.6 Å². The second kappa shape index (κ2) is 3.89. The molecule has 0 spiro atoms. The highest BCUT2D eigenvalue weighted by Gasteiger charge is 2.24. The molecule has 4 heteroatoms. The number of rotatable bonds is 1. The Balaban J connectivity index is 1.85. The van der Waals surface area contributed by atoms with Gasteiger partial charge in [-0.1, -0.05) is 12.1 Å². The maximum atomic E-state index is 12.2. The Labute approximate surface area is 103 Å². The fraction of sp³-hybridized carbons (Fsp3) is 0.154. The Morgan fingerprint density at radius 2 is 2.06 bits per heavy atom. The first-order valence-corrected chi connectivity index (χ1v) is 6.32. The van der Waals surface area contributed by atoms with E-state index in [1.165, 1.54) is 16.9 Å². The summed E-state index contributed by atoms with van der Waals surface area (Å²) in [4.78, 5) is 14.8. The van der Waals surface area contributed by atoms with E-state index in [0.717, 1.165) is 16.1 Å². The summed E-state index contributed by atoms with van der Waals surface area (Å²) in [6, 6.07) is 9.62. The van der Waals surface area contributed by atoms with E-state index in [2.05, 4.69) is 0 Å². The van der Waals surface area contributed by atoms with Gasteiger partial charge in [-0.15, -0.1) is 11.3 Å². The Hall–Kier alpha value is -1.81. The minimum Gasteiger partial charge on any atom is -0.399 e. The lowest BCUT2D eigenvalue weighted by Gasteiger charge is -2.13. The van der Waals surface area contributed by atoms with Gasteiger partial charge in [-0.05, 0) is 34.7 Å². The van der Waals surface area contributed by atoms with Gasteiger partial charge in [0.2, 0.25) is 0 Å². The van der Waals surface area contributed by atoms with Gasteiger partial charge in [0, 0.05) is 18.8 Å². The highest BCUT2D eigenvalue weighted by atomic mass is 32.1. The van der Waals surface area contributed by atoms with Crippen LogP contribution in [0.5, 0.6) is 0 Å². The summed E-state index contributed by atoms with van der Waals surface area (Å²) in [5, 5.41) is 1.93. The summed E-state index contributed by atoms with van der Waals surface area (Å²) in [5.74, 6) is 0.106. The van der Waals surface area contributed by atoms with Crippen molar-refractivity contribution in [3.05, 3.63) is 51.7 Å². The summed E-state index contributed by atoms with van der Waals surface area (Å²) in [7, 11) is 0. The van der Waals surface area contributed by atoms with Gasteiger partial charge in [-0.3, -0.25) is 4.79 Å². The molecule has 0 radical (unpaired) electrons. The molecule has 2 heterocycles. The van der Waals surface area contributed by atoms with E-state index in [9.17, 15) is 4.79 Å². The average Bonchev–Trinajstić information content (AvgIpc) is 2.96. The molecular weight excluding hydrogens is 232 g/mol. The maximum Gasteiger partial charge on any atom is 0.264 e. The molecule has 1 aromatic carbocycles. The molecule has 0 aliphatic carbocycles. The van der Waals surface area contributed by atoms with Gasteiger partial charge in [0.15, 0.2) is 0 Å².